The third-order valence-corrected chi connectivity index (χ3v) is 6.04. The van der Waals surface area contributed by atoms with Crippen LogP contribution in [-0.2, 0) is 11.2 Å². The van der Waals surface area contributed by atoms with Crippen molar-refractivity contribution in [2.45, 2.75) is 38.5 Å². The molecule has 28 heavy (non-hydrogen) atoms. The zero-order valence-electron chi connectivity index (χ0n) is 17.3. The van der Waals surface area contributed by atoms with Gasteiger partial charge in [0.1, 0.15) is 5.75 Å². The monoisotopic (exact) mass is 388 g/mol. The van der Waals surface area contributed by atoms with Crippen molar-refractivity contribution in [1.29, 1.82) is 0 Å². The van der Waals surface area contributed by atoms with Crippen molar-refractivity contribution in [3.05, 3.63) is 29.8 Å². The van der Waals surface area contributed by atoms with Gasteiger partial charge in [0.05, 0.1) is 20.3 Å². The van der Waals surface area contributed by atoms with Crippen molar-refractivity contribution >= 4 is 5.96 Å². The van der Waals surface area contributed by atoms with Gasteiger partial charge in [-0.25, -0.2) is 0 Å². The number of methoxy groups -OCH3 is 1. The molecule has 1 aliphatic heterocycles. The lowest BCUT2D eigenvalue weighted by molar-refractivity contribution is 0.00939. The fourth-order valence-electron chi connectivity index (χ4n) is 4.34. The second-order valence-corrected chi connectivity index (χ2v) is 8.18. The minimum atomic E-state index is 0.276. The van der Waals surface area contributed by atoms with E-state index in [1.165, 1.54) is 37.7 Å². The van der Waals surface area contributed by atoms with Crippen LogP contribution in [0.3, 0.4) is 0 Å². The predicted molar refractivity (Wildman–Crippen MR) is 114 cm³/mol. The first kappa shape index (κ1) is 20.9. The summed E-state index contributed by atoms with van der Waals surface area (Å²) in [5.41, 5.74) is 7.71. The van der Waals surface area contributed by atoms with E-state index >= 15 is 0 Å². The Balaban J connectivity index is 1.48. The lowest BCUT2D eigenvalue weighted by atomic mass is 9.73. The molecular weight excluding hydrogens is 352 g/mol. The molecule has 0 amide bonds. The number of nitrogens with two attached hydrogens (primary N) is 1. The van der Waals surface area contributed by atoms with Crippen LogP contribution in [-0.4, -0.2) is 63.9 Å². The second-order valence-electron chi connectivity index (χ2n) is 8.18. The van der Waals surface area contributed by atoms with Gasteiger partial charge in [0, 0.05) is 38.1 Å². The Morgan fingerprint density at radius 2 is 1.89 bits per heavy atom. The quantitative estimate of drug-likeness (QED) is 0.529. The maximum Gasteiger partial charge on any atom is 0.188 e. The van der Waals surface area contributed by atoms with Crippen LogP contribution in [0.2, 0.25) is 0 Å². The van der Waals surface area contributed by atoms with Crippen LogP contribution in [0.25, 0.3) is 0 Å². The molecule has 6 heteroatoms. The number of ether oxygens (including phenoxy) is 2. The largest absolute Gasteiger partial charge is 0.497 e. The van der Waals surface area contributed by atoms with Crippen molar-refractivity contribution in [3.63, 3.8) is 0 Å². The number of rotatable bonds is 8. The van der Waals surface area contributed by atoms with Gasteiger partial charge in [-0.1, -0.05) is 31.4 Å². The molecule has 3 rings (SSSR count). The third-order valence-electron chi connectivity index (χ3n) is 6.04. The average molecular weight is 389 g/mol. The summed E-state index contributed by atoms with van der Waals surface area (Å²) in [6.45, 7) is 6.54. The minimum Gasteiger partial charge on any atom is -0.497 e. The topological polar surface area (TPSA) is 72.1 Å². The number of hydrogen-bond acceptors (Lipinski definition) is 4. The van der Waals surface area contributed by atoms with Crippen LogP contribution >= 0.6 is 0 Å². The summed E-state index contributed by atoms with van der Waals surface area (Å²) in [5.74, 6) is 1.45. The molecule has 1 aromatic carbocycles. The van der Waals surface area contributed by atoms with Gasteiger partial charge in [-0.05, 0) is 37.0 Å². The summed E-state index contributed by atoms with van der Waals surface area (Å²) in [6.07, 6.45) is 7.40. The zero-order chi connectivity index (χ0) is 19.7. The fraction of sp³-hybridized carbons (Fsp3) is 0.682. The number of nitrogens with zero attached hydrogens (tertiary/aromatic N) is 2. The molecular formula is C22H36N4O2. The van der Waals surface area contributed by atoms with Gasteiger partial charge < -0.3 is 20.5 Å². The highest BCUT2D eigenvalue weighted by Crippen LogP contribution is 2.37. The molecule has 6 nitrogen and oxygen atoms in total. The standard InChI is InChI=1S/C22H36N4O2/c1-27-20-7-5-19(6-8-20)9-12-24-21(23)25-17-22(10-3-2-4-11-22)18-26-13-15-28-16-14-26/h5-8H,2-4,9-18H2,1H3,(H3,23,24,25). The van der Waals surface area contributed by atoms with Crippen LogP contribution in [0.4, 0.5) is 0 Å². The Kier molecular flexibility index (Phi) is 7.98. The molecule has 0 spiro atoms. The van der Waals surface area contributed by atoms with E-state index in [0.29, 0.717) is 5.96 Å². The zero-order valence-corrected chi connectivity index (χ0v) is 17.3. The molecule has 0 atom stereocenters. The van der Waals surface area contributed by atoms with Crippen molar-refractivity contribution in [3.8, 4) is 5.75 Å². The summed E-state index contributed by atoms with van der Waals surface area (Å²) < 4.78 is 10.7. The van der Waals surface area contributed by atoms with E-state index in [4.69, 9.17) is 20.2 Å². The number of benzene rings is 1. The maximum absolute atomic E-state index is 6.18. The normalized spacial score (nSPS) is 20.7. The Bertz CT molecular complexity index is 605. The molecule has 1 saturated carbocycles. The van der Waals surface area contributed by atoms with Crippen molar-refractivity contribution < 1.29 is 9.47 Å². The molecule has 1 saturated heterocycles. The highest BCUT2D eigenvalue weighted by molar-refractivity contribution is 5.77. The predicted octanol–water partition coefficient (Wildman–Crippen LogP) is 2.42. The lowest BCUT2D eigenvalue weighted by Crippen LogP contribution is -2.46. The number of aliphatic imine (C=N–C) groups is 1. The third kappa shape index (κ3) is 6.38. The first-order valence-corrected chi connectivity index (χ1v) is 10.7. The summed E-state index contributed by atoms with van der Waals surface area (Å²) in [5, 5.41) is 3.28. The van der Waals surface area contributed by atoms with Crippen molar-refractivity contribution in [2.75, 3.05) is 53.0 Å². The molecule has 0 aromatic heterocycles. The molecule has 1 aromatic rings. The van der Waals surface area contributed by atoms with Gasteiger partial charge in [-0.3, -0.25) is 9.89 Å². The summed E-state index contributed by atoms with van der Waals surface area (Å²) in [4.78, 5) is 7.30. The second kappa shape index (κ2) is 10.7. The molecule has 0 radical (unpaired) electrons. The van der Waals surface area contributed by atoms with Crippen LogP contribution in [0, 0.1) is 5.41 Å². The Morgan fingerprint density at radius 1 is 1.18 bits per heavy atom. The van der Waals surface area contributed by atoms with Gasteiger partial charge in [0.15, 0.2) is 5.96 Å². The number of morpholine rings is 1. The lowest BCUT2D eigenvalue weighted by Gasteiger charge is -2.41. The number of nitrogens with one attached hydrogen (secondary N) is 1. The van der Waals surface area contributed by atoms with E-state index in [1.807, 2.05) is 12.1 Å². The van der Waals surface area contributed by atoms with Crippen LogP contribution < -0.4 is 15.8 Å². The molecule has 0 unspecified atom stereocenters. The van der Waals surface area contributed by atoms with E-state index in [2.05, 4.69) is 22.3 Å². The molecule has 2 aliphatic rings. The van der Waals surface area contributed by atoms with E-state index in [1.54, 1.807) is 7.11 Å². The summed E-state index contributed by atoms with van der Waals surface area (Å²) >= 11 is 0. The van der Waals surface area contributed by atoms with Gasteiger partial charge in [0.2, 0.25) is 0 Å². The SMILES string of the molecule is COc1ccc(CCNC(N)=NCC2(CN3CCOCC3)CCCCC2)cc1. The van der Waals surface area contributed by atoms with Crippen LogP contribution in [0.15, 0.2) is 29.3 Å². The Labute approximate surface area is 169 Å². The Hall–Kier alpha value is -1.79. The average Bonchev–Trinajstić information content (AvgIpc) is 2.74. The highest BCUT2D eigenvalue weighted by atomic mass is 16.5. The first-order chi connectivity index (χ1) is 13.7. The minimum absolute atomic E-state index is 0.276. The fourth-order valence-corrected chi connectivity index (χ4v) is 4.34. The van der Waals surface area contributed by atoms with Gasteiger partial charge in [-0.15, -0.1) is 0 Å². The van der Waals surface area contributed by atoms with Gasteiger partial charge in [-0.2, -0.15) is 0 Å². The van der Waals surface area contributed by atoms with E-state index in [9.17, 15) is 0 Å². The summed E-state index contributed by atoms with van der Waals surface area (Å²) in [7, 11) is 1.69. The van der Waals surface area contributed by atoms with Crippen molar-refractivity contribution in [2.24, 2.45) is 16.1 Å². The van der Waals surface area contributed by atoms with Crippen molar-refractivity contribution in [1.82, 2.24) is 10.2 Å². The van der Waals surface area contributed by atoms with Crippen LogP contribution in [0.5, 0.6) is 5.75 Å². The first-order valence-electron chi connectivity index (χ1n) is 10.7. The molecule has 2 fully saturated rings. The van der Waals surface area contributed by atoms with Crippen LogP contribution in [0.1, 0.15) is 37.7 Å². The highest BCUT2D eigenvalue weighted by Gasteiger charge is 2.34. The number of guanidine groups is 1. The molecule has 3 N–H and O–H groups in total. The van der Waals surface area contributed by atoms with E-state index < -0.39 is 0 Å². The molecule has 1 heterocycles. The number of hydrogen-bond donors (Lipinski definition) is 2. The molecule has 0 bridgehead atoms. The van der Waals surface area contributed by atoms with E-state index in [-0.39, 0.29) is 5.41 Å². The Morgan fingerprint density at radius 3 is 2.57 bits per heavy atom. The maximum atomic E-state index is 6.18. The smallest absolute Gasteiger partial charge is 0.188 e. The van der Waals surface area contributed by atoms with Gasteiger partial charge in [0.25, 0.3) is 0 Å². The summed E-state index contributed by atoms with van der Waals surface area (Å²) in [6, 6.07) is 8.16. The molecule has 156 valence electrons. The van der Waals surface area contributed by atoms with Gasteiger partial charge >= 0.3 is 0 Å². The molecule has 1 aliphatic carbocycles. The van der Waals surface area contributed by atoms with E-state index in [0.717, 1.165) is 58.1 Å².